The lowest BCUT2D eigenvalue weighted by Gasteiger charge is -2.33. The first-order chi connectivity index (χ1) is 17.7. The number of anilines is 2. The minimum Gasteiger partial charge on any atom is -0.312 e. The number of benzene rings is 3. The van der Waals surface area contributed by atoms with E-state index in [0.29, 0.717) is 29.3 Å². The maximum atomic E-state index is 14.0. The Kier molecular flexibility index (Phi) is 5.88. The molecule has 6 rings (SSSR count). The van der Waals surface area contributed by atoms with Crippen molar-refractivity contribution in [3.8, 4) is 12.3 Å². The van der Waals surface area contributed by atoms with Gasteiger partial charge in [0.15, 0.2) is 5.65 Å². The van der Waals surface area contributed by atoms with Gasteiger partial charge in [-0.3, -0.25) is 9.69 Å². The van der Waals surface area contributed by atoms with Crippen molar-refractivity contribution in [2.75, 3.05) is 4.90 Å². The minimum atomic E-state index is -0.390. The van der Waals surface area contributed by atoms with Crippen LogP contribution in [-0.4, -0.2) is 30.9 Å². The number of hydrogen-bond donors (Lipinski definition) is 0. The molecule has 1 amide bonds. The van der Waals surface area contributed by atoms with Gasteiger partial charge in [-0.25, -0.2) is 4.98 Å². The monoisotopic (exact) mass is 507 g/mol. The lowest BCUT2D eigenvalue weighted by Crippen LogP contribution is -2.35. The van der Waals surface area contributed by atoms with E-state index in [1.165, 1.54) is 11.8 Å². The molecule has 0 saturated carbocycles. The summed E-state index contributed by atoms with van der Waals surface area (Å²) in [5, 5.41) is 9.91. The predicted octanol–water partition coefficient (Wildman–Crippen LogP) is 6.31. The molecule has 0 saturated heterocycles. The van der Waals surface area contributed by atoms with Crippen molar-refractivity contribution in [1.82, 2.24) is 19.7 Å². The van der Waals surface area contributed by atoms with Crippen LogP contribution in [0.25, 0.3) is 22.1 Å². The summed E-state index contributed by atoms with van der Waals surface area (Å²) in [4.78, 5) is 22.8. The largest absolute Gasteiger partial charge is 0.312 e. The number of carbonyl (C=O) groups is 1. The maximum Gasteiger partial charge on any atom is 0.245 e. The number of para-hydroxylation sites is 3. The van der Waals surface area contributed by atoms with E-state index in [9.17, 15) is 4.79 Å². The number of nitrogens with zero attached hydrogens (tertiary/aromatic N) is 5. The Hall–Kier alpha value is -3.80. The topological polar surface area (TPSA) is 63.9 Å². The van der Waals surface area contributed by atoms with Crippen molar-refractivity contribution >= 4 is 62.9 Å². The van der Waals surface area contributed by atoms with Gasteiger partial charge in [0.2, 0.25) is 11.1 Å². The maximum absolute atomic E-state index is 14.0. The molecule has 2 aromatic heterocycles. The van der Waals surface area contributed by atoms with E-state index >= 15 is 0 Å². The number of aromatic nitrogens is 4. The fourth-order valence-electron chi connectivity index (χ4n) is 4.51. The average molecular weight is 508 g/mol. The average Bonchev–Trinajstić information content (AvgIpc) is 3.23. The first-order valence-electron chi connectivity index (χ1n) is 11.6. The Bertz CT molecular complexity index is 1630. The van der Waals surface area contributed by atoms with Crippen LogP contribution < -0.4 is 4.90 Å². The molecule has 0 N–H and O–H groups in total. The molecule has 176 valence electrons. The first kappa shape index (κ1) is 22.7. The quantitative estimate of drug-likeness (QED) is 0.205. The molecule has 3 heterocycles. The molecule has 1 aliphatic heterocycles. The van der Waals surface area contributed by atoms with Gasteiger partial charge in [0.1, 0.15) is 5.52 Å². The van der Waals surface area contributed by atoms with Crippen LogP contribution in [0.2, 0.25) is 0 Å². The van der Waals surface area contributed by atoms with E-state index in [4.69, 9.17) is 11.4 Å². The molecule has 1 unspecified atom stereocenters. The Morgan fingerprint density at radius 2 is 1.67 bits per heavy atom. The second-order valence-corrected chi connectivity index (χ2v) is 10.6. The van der Waals surface area contributed by atoms with Gasteiger partial charge in [-0.2, -0.15) is 0 Å². The molecule has 0 fully saturated rings. The summed E-state index contributed by atoms with van der Waals surface area (Å²) in [7, 11) is 0. The van der Waals surface area contributed by atoms with E-state index in [1.807, 2.05) is 77.1 Å². The predicted molar refractivity (Wildman–Crippen MR) is 146 cm³/mol. The van der Waals surface area contributed by atoms with E-state index in [0.717, 1.165) is 32.1 Å². The minimum absolute atomic E-state index is 0.00411. The first-order valence-corrected chi connectivity index (χ1v) is 13.3. The number of fused-ring (bicyclic) bond motifs is 5. The van der Waals surface area contributed by atoms with Gasteiger partial charge in [0.05, 0.1) is 28.7 Å². The molecule has 8 heteroatoms. The highest BCUT2D eigenvalue weighted by molar-refractivity contribution is 8.00. The second kappa shape index (κ2) is 9.34. The van der Waals surface area contributed by atoms with Crippen molar-refractivity contribution < 1.29 is 4.79 Å². The Labute approximate surface area is 217 Å². The van der Waals surface area contributed by atoms with Crippen LogP contribution in [0, 0.1) is 12.3 Å². The van der Waals surface area contributed by atoms with Crippen LogP contribution in [0.5, 0.6) is 0 Å². The van der Waals surface area contributed by atoms with Gasteiger partial charge in [0.25, 0.3) is 0 Å². The van der Waals surface area contributed by atoms with Gasteiger partial charge >= 0.3 is 0 Å². The summed E-state index contributed by atoms with van der Waals surface area (Å²) in [6.07, 6.45) is 6.27. The van der Waals surface area contributed by atoms with E-state index in [1.54, 1.807) is 11.8 Å². The normalized spacial score (nSPS) is 13.3. The summed E-state index contributed by atoms with van der Waals surface area (Å²) >= 11 is 3.03. The summed E-state index contributed by atoms with van der Waals surface area (Å²) < 4.78 is 1.97. The lowest BCUT2D eigenvalue weighted by atomic mass is 10.2. The van der Waals surface area contributed by atoms with Gasteiger partial charge in [-0.1, -0.05) is 78.8 Å². The molecule has 3 aromatic carbocycles. The molecular formula is C28H21N5OS2. The molecule has 0 bridgehead atoms. The number of terminal acetylenes is 1. The van der Waals surface area contributed by atoms with E-state index in [-0.39, 0.29) is 11.2 Å². The van der Waals surface area contributed by atoms with Crippen LogP contribution in [0.15, 0.2) is 87.7 Å². The third-order valence-electron chi connectivity index (χ3n) is 6.15. The zero-order valence-electron chi connectivity index (χ0n) is 19.5. The van der Waals surface area contributed by atoms with Crippen molar-refractivity contribution in [2.45, 2.75) is 40.1 Å². The second-order valence-electron chi connectivity index (χ2n) is 8.30. The van der Waals surface area contributed by atoms with Gasteiger partial charge in [0, 0.05) is 15.2 Å². The lowest BCUT2D eigenvalue weighted by molar-refractivity contribution is -0.117. The molecule has 5 aromatic rings. The highest BCUT2D eigenvalue weighted by Gasteiger charge is 2.33. The Morgan fingerprint density at radius 3 is 2.36 bits per heavy atom. The smallest absolute Gasteiger partial charge is 0.245 e. The van der Waals surface area contributed by atoms with Crippen LogP contribution in [-0.2, 0) is 11.3 Å². The highest BCUT2D eigenvalue weighted by atomic mass is 32.2. The third kappa shape index (κ3) is 3.72. The summed E-state index contributed by atoms with van der Waals surface area (Å²) in [6, 6.07) is 24.0. The molecule has 1 atom stereocenters. The van der Waals surface area contributed by atoms with Crippen molar-refractivity contribution in [3.05, 3.63) is 72.8 Å². The number of amides is 1. The Balaban J connectivity index is 1.39. The molecule has 0 radical (unpaired) electrons. The van der Waals surface area contributed by atoms with E-state index < -0.39 is 0 Å². The standard InChI is InChI=1S/C28H21N5OS2/c1-3-17-32-19-12-6-5-11-18(19)25-26(32)29-28(31-30-25)36-22(4-2)27(34)33-20-13-7-9-15-23(20)35-24-16-10-8-14-21(24)33/h1,5-16,22H,4,17H2,2H3. The fraction of sp³-hybridized carbons (Fsp3) is 0.143. The Morgan fingerprint density at radius 1 is 1.00 bits per heavy atom. The molecular weight excluding hydrogens is 486 g/mol. The van der Waals surface area contributed by atoms with Crippen LogP contribution in [0.3, 0.4) is 0 Å². The molecule has 0 spiro atoms. The van der Waals surface area contributed by atoms with Crippen molar-refractivity contribution in [1.29, 1.82) is 0 Å². The summed E-state index contributed by atoms with van der Waals surface area (Å²) in [5.74, 6) is 2.71. The molecule has 0 aliphatic carbocycles. The van der Waals surface area contributed by atoms with Crippen LogP contribution in [0.1, 0.15) is 13.3 Å². The number of thioether (sulfide) groups is 1. The number of carbonyl (C=O) groups excluding carboxylic acids is 1. The summed E-state index contributed by atoms with van der Waals surface area (Å²) in [5.41, 5.74) is 4.15. The van der Waals surface area contributed by atoms with Gasteiger partial charge < -0.3 is 4.57 Å². The van der Waals surface area contributed by atoms with Crippen LogP contribution in [0.4, 0.5) is 11.4 Å². The molecule has 36 heavy (non-hydrogen) atoms. The SMILES string of the molecule is C#CCn1c2ccccc2c2nnc(SC(CC)C(=O)N3c4ccccc4Sc4ccccc43)nc21. The zero-order chi connectivity index (χ0) is 24.6. The van der Waals surface area contributed by atoms with Gasteiger partial charge in [-0.05, 0) is 36.8 Å². The van der Waals surface area contributed by atoms with Gasteiger partial charge in [-0.15, -0.1) is 16.6 Å². The van der Waals surface area contributed by atoms with Crippen LogP contribution >= 0.6 is 23.5 Å². The van der Waals surface area contributed by atoms with E-state index in [2.05, 4.69) is 28.3 Å². The highest BCUT2D eigenvalue weighted by Crippen LogP contribution is 2.48. The summed E-state index contributed by atoms with van der Waals surface area (Å²) in [6.45, 7) is 2.38. The number of rotatable bonds is 5. The van der Waals surface area contributed by atoms with Crippen molar-refractivity contribution in [2.24, 2.45) is 0 Å². The fourth-order valence-corrected chi connectivity index (χ4v) is 6.42. The third-order valence-corrected chi connectivity index (χ3v) is 8.48. The molecule has 1 aliphatic rings. The number of hydrogen-bond acceptors (Lipinski definition) is 6. The van der Waals surface area contributed by atoms with Crippen molar-refractivity contribution in [3.63, 3.8) is 0 Å². The zero-order valence-corrected chi connectivity index (χ0v) is 21.1. The molecule has 6 nitrogen and oxygen atoms in total.